The van der Waals surface area contributed by atoms with Gasteiger partial charge in [0.25, 0.3) is 0 Å². The van der Waals surface area contributed by atoms with E-state index in [4.69, 9.17) is 0 Å². The third-order valence-corrected chi connectivity index (χ3v) is 4.10. The Labute approximate surface area is 156 Å². The number of hydrogen-bond donors (Lipinski definition) is 0. The molecule has 0 fully saturated rings. The minimum absolute atomic E-state index is 0.113. The molecular formula is C22H19F3N2. The van der Waals surface area contributed by atoms with E-state index in [2.05, 4.69) is 4.99 Å². The fraction of sp³-hybridized carbons (Fsp3) is 0.136. The number of benzene rings is 3. The van der Waals surface area contributed by atoms with Crippen LogP contribution in [-0.2, 0) is 6.18 Å². The van der Waals surface area contributed by atoms with Crippen molar-refractivity contribution in [2.45, 2.75) is 6.18 Å². The average molecular weight is 368 g/mol. The maximum absolute atomic E-state index is 13.5. The maximum atomic E-state index is 13.5. The lowest BCUT2D eigenvalue weighted by Crippen LogP contribution is -2.16. The molecule has 3 aromatic carbocycles. The van der Waals surface area contributed by atoms with Crippen molar-refractivity contribution in [3.8, 4) is 0 Å². The van der Waals surface area contributed by atoms with Crippen molar-refractivity contribution in [2.24, 2.45) is 4.99 Å². The molecule has 0 saturated carbocycles. The molecule has 0 aliphatic heterocycles. The first-order chi connectivity index (χ1) is 12.9. The molecule has 3 aromatic rings. The molecule has 0 aromatic heterocycles. The molecule has 0 bridgehead atoms. The third kappa shape index (κ3) is 4.37. The first-order valence-corrected chi connectivity index (χ1v) is 8.44. The van der Waals surface area contributed by atoms with Gasteiger partial charge in [-0.15, -0.1) is 0 Å². The van der Waals surface area contributed by atoms with Gasteiger partial charge in [-0.05, 0) is 18.2 Å². The lowest BCUT2D eigenvalue weighted by atomic mass is 10.0. The highest BCUT2D eigenvalue weighted by molar-refractivity contribution is 6.13. The van der Waals surface area contributed by atoms with Crippen LogP contribution in [0.4, 0.5) is 24.5 Å². The first kappa shape index (κ1) is 18.7. The molecule has 0 aliphatic carbocycles. The lowest BCUT2D eigenvalue weighted by Gasteiger charge is -2.19. The third-order valence-electron chi connectivity index (χ3n) is 4.10. The van der Waals surface area contributed by atoms with Crippen LogP contribution in [0.2, 0.25) is 0 Å². The second kappa shape index (κ2) is 7.66. The largest absolute Gasteiger partial charge is 0.418 e. The number of rotatable bonds is 4. The van der Waals surface area contributed by atoms with Crippen LogP contribution >= 0.6 is 0 Å². The highest BCUT2D eigenvalue weighted by Gasteiger charge is 2.34. The summed E-state index contributed by atoms with van der Waals surface area (Å²) in [5.74, 6) is 0. The number of nitrogens with zero attached hydrogens (tertiary/aromatic N) is 2. The van der Waals surface area contributed by atoms with Crippen molar-refractivity contribution in [3.63, 3.8) is 0 Å². The van der Waals surface area contributed by atoms with Gasteiger partial charge >= 0.3 is 6.18 Å². The molecule has 0 radical (unpaired) electrons. The van der Waals surface area contributed by atoms with Crippen LogP contribution in [0.5, 0.6) is 0 Å². The van der Waals surface area contributed by atoms with E-state index in [-0.39, 0.29) is 11.4 Å². The summed E-state index contributed by atoms with van der Waals surface area (Å²) in [5.41, 5.74) is 1.98. The molecule has 0 amide bonds. The van der Waals surface area contributed by atoms with E-state index >= 15 is 0 Å². The Morgan fingerprint density at radius 1 is 0.778 bits per heavy atom. The van der Waals surface area contributed by atoms with Crippen molar-refractivity contribution >= 4 is 17.1 Å². The molecule has 0 N–H and O–H groups in total. The van der Waals surface area contributed by atoms with Crippen molar-refractivity contribution in [2.75, 3.05) is 19.0 Å². The SMILES string of the molecule is CN(C)c1ccc(N=C(c2ccccc2)c2ccccc2)cc1C(F)(F)F. The molecular weight excluding hydrogens is 349 g/mol. The van der Waals surface area contributed by atoms with E-state index in [1.807, 2.05) is 60.7 Å². The molecule has 0 saturated heterocycles. The fourth-order valence-electron chi connectivity index (χ4n) is 2.83. The van der Waals surface area contributed by atoms with Crippen LogP contribution in [-0.4, -0.2) is 19.8 Å². The molecule has 0 atom stereocenters. The monoisotopic (exact) mass is 368 g/mol. The van der Waals surface area contributed by atoms with Gasteiger partial charge in [-0.2, -0.15) is 13.2 Å². The number of hydrogen-bond acceptors (Lipinski definition) is 2. The van der Waals surface area contributed by atoms with Gasteiger partial charge in [0, 0.05) is 30.9 Å². The van der Waals surface area contributed by atoms with E-state index < -0.39 is 11.7 Å². The van der Waals surface area contributed by atoms with Gasteiger partial charge in [0.2, 0.25) is 0 Å². The van der Waals surface area contributed by atoms with Gasteiger partial charge in [-0.25, -0.2) is 4.99 Å². The topological polar surface area (TPSA) is 15.6 Å². The highest BCUT2D eigenvalue weighted by atomic mass is 19.4. The molecule has 5 heteroatoms. The predicted octanol–water partition coefficient (Wildman–Crippen LogP) is 5.94. The Bertz CT molecular complexity index is 889. The van der Waals surface area contributed by atoms with Crippen molar-refractivity contribution < 1.29 is 13.2 Å². The summed E-state index contributed by atoms with van der Waals surface area (Å²) in [4.78, 5) is 6.02. The first-order valence-electron chi connectivity index (χ1n) is 8.44. The number of alkyl halides is 3. The van der Waals surface area contributed by atoms with Gasteiger partial charge in [-0.3, -0.25) is 0 Å². The summed E-state index contributed by atoms with van der Waals surface area (Å²) in [7, 11) is 3.18. The molecule has 27 heavy (non-hydrogen) atoms. The van der Waals surface area contributed by atoms with Gasteiger partial charge in [-0.1, -0.05) is 60.7 Å². The smallest absolute Gasteiger partial charge is 0.377 e. The van der Waals surface area contributed by atoms with Crippen LogP contribution < -0.4 is 4.90 Å². The Morgan fingerprint density at radius 3 is 1.74 bits per heavy atom. The van der Waals surface area contributed by atoms with Crippen LogP contribution in [0.25, 0.3) is 0 Å². The van der Waals surface area contributed by atoms with Crippen LogP contribution in [0.15, 0.2) is 83.9 Å². The molecule has 2 nitrogen and oxygen atoms in total. The molecule has 3 rings (SSSR count). The molecule has 0 heterocycles. The predicted molar refractivity (Wildman–Crippen MR) is 104 cm³/mol. The molecule has 0 unspecified atom stereocenters. The zero-order valence-corrected chi connectivity index (χ0v) is 15.0. The van der Waals surface area contributed by atoms with E-state index in [0.717, 1.165) is 17.2 Å². The van der Waals surface area contributed by atoms with Crippen molar-refractivity contribution in [1.29, 1.82) is 0 Å². The van der Waals surface area contributed by atoms with E-state index in [1.165, 1.54) is 11.0 Å². The van der Waals surface area contributed by atoms with E-state index in [0.29, 0.717) is 5.71 Å². The Morgan fingerprint density at radius 2 is 1.30 bits per heavy atom. The van der Waals surface area contributed by atoms with Crippen LogP contribution in [0.3, 0.4) is 0 Å². The zero-order chi connectivity index (χ0) is 19.4. The second-order valence-electron chi connectivity index (χ2n) is 6.29. The Hall–Kier alpha value is -3.08. The van der Waals surface area contributed by atoms with E-state index in [9.17, 15) is 13.2 Å². The Kier molecular flexibility index (Phi) is 5.31. The second-order valence-corrected chi connectivity index (χ2v) is 6.29. The fourth-order valence-corrected chi connectivity index (χ4v) is 2.83. The average Bonchev–Trinajstić information content (AvgIpc) is 2.66. The molecule has 0 aliphatic rings. The van der Waals surface area contributed by atoms with E-state index in [1.54, 1.807) is 20.2 Å². The summed E-state index contributed by atoms with van der Waals surface area (Å²) >= 11 is 0. The summed E-state index contributed by atoms with van der Waals surface area (Å²) in [5, 5.41) is 0. The normalized spacial score (nSPS) is 11.1. The zero-order valence-electron chi connectivity index (χ0n) is 15.0. The number of anilines is 1. The highest BCUT2D eigenvalue weighted by Crippen LogP contribution is 2.38. The summed E-state index contributed by atoms with van der Waals surface area (Å²) < 4.78 is 40.5. The van der Waals surface area contributed by atoms with Crippen molar-refractivity contribution in [3.05, 3.63) is 95.6 Å². The lowest BCUT2D eigenvalue weighted by molar-refractivity contribution is -0.137. The maximum Gasteiger partial charge on any atom is 0.418 e. The van der Waals surface area contributed by atoms with Crippen molar-refractivity contribution in [1.82, 2.24) is 0 Å². The van der Waals surface area contributed by atoms with Gasteiger partial charge in [0.05, 0.1) is 17.0 Å². The summed E-state index contributed by atoms with van der Waals surface area (Å²) in [6.45, 7) is 0. The van der Waals surface area contributed by atoms with Crippen LogP contribution in [0, 0.1) is 0 Å². The van der Waals surface area contributed by atoms with Crippen LogP contribution in [0.1, 0.15) is 16.7 Å². The Balaban J connectivity index is 2.16. The summed E-state index contributed by atoms with van der Waals surface area (Å²) in [6, 6.07) is 23.0. The molecule has 138 valence electrons. The van der Waals surface area contributed by atoms with Gasteiger partial charge in [0.1, 0.15) is 0 Å². The number of aliphatic imine (C=N–C) groups is 1. The minimum atomic E-state index is -4.45. The molecule has 0 spiro atoms. The van der Waals surface area contributed by atoms with Gasteiger partial charge in [0.15, 0.2) is 0 Å². The van der Waals surface area contributed by atoms with Gasteiger partial charge < -0.3 is 4.90 Å². The summed E-state index contributed by atoms with van der Waals surface area (Å²) in [6.07, 6.45) is -4.45. The standard InChI is InChI=1S/C22H19F3N2/c1-27(2)20-14-13-18(15-19(20)22(23,24)25)26-21(16-9-5-3-6-10-16)17-11-7-4-8-12-17/h3-15H,1-2H3. The number of halogens is 3. The quantitative estimate of drug-likeness (QED) is 0.520. The minimum Gasteiger partial charge on any atom is -0.377 e.